The van der Waals surface area contributed by atoms with Gasteiger partial charge in [-0.3, -0.25) is 4.99 Å². The molecule has 2 aromatic rings. The maximum atomic E-state index is 6.29. The summed E-state index contributed by atoms with van der Waals surface area (Å²) in [4.78, 5) is 6.86. The first kappa shape index (κ1) is 13.6. The molecule has 0 spiro atoms. The fourth-order valence-corrected chi connectivity index (χ4v) is 3.04. The van der Waals surface area contributed by atoms with Gasteiger partial charge in [0.1, 0.15) is 11.4 Å². The van der Waals surface area contributed by atoms with Crippen molar-refractivity contribution in [1.29, 1.82) is 0 Å². The van der Waals surface area contributed by atoms with Crippen molar-refractivity contribution >= 4 is 29.2 Å². The second-order valence-electron chi connectivity index (χ2n) is 5.41. The molecule has 22 heavy (non-hydrogen) atoms. The van der Waals surface area contributed by atoms with Gasteiger partial charge in [0.05, 0.1) is 5.69 Å². The van der Waals surface area contributed by atoms with Gasteiger partial charge in [-0.05, 0) is 24.3 Å². The SMILES string of the molecule is Clc1cc2c(c(N3CCNCC3)c1)Oc1ccccc1C=N2. The molecule has 2 aliphatic rings. The lowest BCUT2D eigenvalue weighted by Gasteiger charge is -2.31. The van der Waals surface area contributed by atoms with E-state index in [0.717, 1.165) is 54.6 Å². The molecule has 4 nitrogen and oxygen atoms in total. The van der Waals surface area contributed by atoms with Crippen LogP contribution in [0.2, 0.25) is 5.02 Å². The standard InChI is InChI=1S/C17H16ClN3O/c18-13-9-14-17(15(10-13)21-7-5-19-6-8-21)22-16-4-2-1-3-12(16)11-20-14/h1-4,9-11,19H,5-8H2. The molecule has 1 N–H and O–H groups in total. The zero-order chi connectivity index (χ0) is 14.9. The molecule has 112 valence electrons. The Morgan fingerprint density at radius 3 is 2.82 bits per heavy atom. The third-order valence-electron chi connectivity index (χ3n) is 3.95. The van der Waals surface area contributed by atoms with Crippen LogP contribution in [0.4, 0.5) is 11.4 Å². The highest BCUT2D eigenvalue weighted by Crippen LogP contribution is 2.45. The van der Waals surface area contributed by atoms with E-state index < -0.39 is 0 Å². The minimum Gasteiger partial charge on any atom is -0.452 e. The number of rotatable bonds is 1. The Morgan fingerprint density at radius 1 is 1.14 bits per heavy atom. The van der Waals surface area contributed by atoms with Gasteiger partial charge in [-0.1, -0.05) is 23.7 Å². The molecule has 2 aromatic carbocycles. The van der Waals surface area contributed by atoms with Gasteiger partial charge in [-0.25, -0.2) is 0 Å². The molecule has 0 unspecified atom stereocenters. The molecule has 0 atom stereocenters. The molecule has 0 bridgehead atoms. The van der Waals surface area contributed by atoms with Crippen molar-refractivity contribution in [3.63, 3.8) is 0 Å². The smallest absolute Gasteiger partial charge is 0.176 e. The molecule has 0 amide bonds. The van der Waals surface area contributed by atoms with Gasteiger partial charge in [0.15, 0.2) is 5.75 Å². The van der Waals surface area contributed by atoms with Crippen LogP contribution in [0.5, 0.6) is 11.5 Å². The summed E-state index contributed by atoms with van der Waals surface area (Å²) < 4.78 is 6.20. The predicted octanol–water partition coefficient (Wildman–Crippen LogP) is 3.61. The van der Waals surface area contributed by atoms with Crippen molar-refractivity contribution in [2.24, 2.45) is 4.99 Å². The topological polar surface area (TPSA) is 36.9 Å². The van der Waals surface area contributed by atoms with Crippen molar-refractivity contribution in [2.75, 3.05) is 31.1 Å². The van der Waals surface area contributed by atoms with Gasteiger partial charge >= 0.3 is 0 Å². The number of benzene rings is 2. The van der Waals surface area contributed by atoms with Crippen molar-refractivity contribution in [1.82, 2.24) is 5.32 Å². The number of nitrogens with one attached hydrogen (secondary N) is 1. The van der Waals surface area contributed by atoms with E-state index >= 15 is 0 Å². The van der Waals surface area contributed by atoms with E-state index in [-0.39, 0.29) is 0 Å². The molecule has 0 saturated carbocycles. The molecule has 0 aromatic heterocycles. The van der Waals surface area contributed by atoms with E-state index in [2.05, 4.69) is 15.2 Å². The largest absolute Gasteiger partial charge is 0.452 e. The average molecular weight is 314 g/mol. The minimum absolute atomic E-state index is 0.680. The summed E-state index contributed by atoms with van der Waals surface area (Å²) in [6, 6.07) is 11.7. The molecule has 5 heteroatoms. The second kappa shape index (κ2) is 5.63. The third kappa shape index (κ3) is 2.45. The number of aliphatic imine (C=N–C) groups is 1. The van der Waals surface area contributed by atoms with Crippen LogP contribution in [-0.4, -0.2) is 32.4 Å². The molecule has 1 saturated heterocycles. The van der Waals surface area contributed by atoms with Crippen molar-refractivity contribution in [2.45, 2.75) is 0 Å². The zero-order valence-electron chi connectivity index (χ0n) is 12.1. The molecule has 1 fully saturated rings. The maximum absolute atomic E-state index is 6.29. The molecule has 4 rings (SSSR count). The Kier molecular flexibility index (Phi) is 3.48. The number of anilines is 1. The minimum atomic E-state index is 0.680. The van der Waals surface area contributed by atoms with Crippen LogP contribution < -0.4 is 15.0 Å². The van der Waals surface area contributed by atoms with Crippen LogP contribution in [0.1, 0.15) is 5.56 Å². The normalized spacial score (nSPS) is 16.5. The van der Waals surface area contributed by atoms with Crippen molar-refractivity contribution < 1.29 is 4.74 Å². The number of halogens is 1. The van der Waals surface area contributed by atoms with Gasteiger partial charge in [0.25, 0.3) is 0 Å². The lowest BCUT2D eigenvalue weighted by Crippen LogP contribution is -2.43. The van der Waals surface area contributed by atoms with Gasteiger partial charge in [-0.15, -0.1) is 0 Å². The lowest BCUT2D eigenvalue weighted by atomic mass is 10.2. The molecule has 0 radical (unpaired) electrons. The van der Waals surface area contributed by atoms with Crippen LogP contribution in [-0.2, 0) is 0 Å². The molecular weight excluding hydrogens is 298 g/mol. The van der Waals surface area contributed by atoms with E-state index in [1.54, 1.807) is 0 Å². The predicted molar refractivity (Wildman–Crippen MR) is 90.3 cm³/mol. The number of ether oxygens (including phenoxy) is 1. The quantitative estimate of drug-likeness (QED) is 0.745. The first-order valence-electron chi connectivity index (χ1n) is 7.41. The second-order valence-corrected chi connectivity index (χ2v) is 5.84. The summed E-state index contributed by atoms with van der Waals surface area (Å²) in [7, 11) is 0. The maximum Gasteiger partial charge on any atom is 0.176 e. The number of piperazine rings is 1. The van der Waals surface area contributed by atoms with Crippen LogP contribution in [0, 0.1) is 0 Å². The summed E-state index contributed by atoms with van der Waals surface area (Å²) in [5.41, 5.74) is 2.76. The summed E-state index contributed by atoms with van der Waals surface area (Å²) in [5.74, 6) is 1.61. The molecule has 0 aliphatic carbocycles. The van der Waals surface area contributed by atoms with Gasteiger partial charge in [-0.2, -0.15) is 0 Å². The Balaban J connectivity index is 1.83. The van der Waals surface area contributed by atoms with Crippen LogP contribution in [0.15, 0.2) is 41.4 Å². The first-order chi connectivity index (χ1) is 10.8. The molecule has 2 heterocycles. The summed E-state index contributed by atoms with van der Waals surface area (Å²) >= 11 is 6.29. The highest BCUT2D eigenvalue weighted by atomic mass is 35.5. The van der Waals surface area contributed by atoms with E-state index in [4.69, 9.17) is 16.3 Å². The number of fused-ring (bicyclic) bond motifs is 2. The Hall–Kier alpha value is -2.04. The van der Waals surface area contributed by atoms with Gasteiger partial charge < -0.3 is 15.0 Å². The van der Waals surface area contributed by atoms with Gasteiger partial charge in [0.2, 0.25) is 0 Å². The van der Waals surface area contributed by atoms with E-state index in [1.807, 2.05) is 42.6 Å². The zero-order valence-corrected chi connectivity index (χ0v) is 12.8. The first-order valence-corrected chi connectivity index (χ1v) is 7.79. The summed E-state index contributed by atoms with van der Waals surface area (Å²) in [6.07, 6.45) is 1.83. The number of hydrogen-bond donors (Lipinski definition) is 1. The van der Waals surface area contributed by atoms with Crippen molar-refractivity contribution in [3.8, 4) is 11.5 Å². The van der Waals surface area contributed by atoms with E-state index in [9.17, 15) is 0 Å². The number of nitrogens with zero attached hydrogens (tertiary/aromatic N) is 2. The number of hydrogen-bond acceptors (Lipinski definition) is 4. The van der Waals surface area contributed by atoms with Crippen molar-refractivity contribution in [3.05, 3.63) is 47.0 Å². The fourth-order valence-electron chi connectivity index (χ4n) is 2.84. The lowest BCUT2D eigenvalue weighted by molar-refractivity contribution is 0.480. The van der Waals surface area contributed by atoms with E-state index in [0.29, 0.717) is 5.02 Å². The number of para-hydroxylation sites is 1. The Bertz CT molecular complexity index is 739. The van der Waals surface area contributed by atoms with E-state index in [1.165, 1.54) is 0 Å². The van der Waals surface area contributed by atoms with Gasteiger partial charge in [0, 0.05) is 43.0 Å². The summed E-state index contributed by atoms with van der Waals surface area (Å²) in [5, 5.41) is 4.04. The third-order valence-corrected chi connectivity index (χ3v) is 4.16. The van der Waals surface area contributed by atoms with Crippen LogP contribution in [0.25, 0.3) is 0 Å². The highest BCUT2D eigenvalue weighted by Gasteiger charge is 2.21. The average Bonchev–Trinajstić information content (AvgIpc) is 2.74. The summed E-state index contributed by atoms with van der Waals surface area (Å²) in [6.45, 7) is 3.78. The fraction of sp³-hybridized carbons (Fsp3) is 0.235. The Morgan fingerprint density at radius 2 is 1.95 bits per heavy atom. The Labute approximate surface area is 134 Å². The van der Waals surface area contributed by atoms with Crippen LogP contribution >= 0.6 is 11.6 Å². The van der Waals surface area contributed by atoms with Crippen LogP contribution in [0.3, 0.4) is 0 Å². The monoisotopic (exact) mass is 313 g/mol. The molecule has 2 aliphatic heterocycles. The highest BCUT2D eigenvalue weighted by molar-refractivity contribution is 6.31. The molecular formula is C17H16ClN3O.